The third kappa shape index (κ3) is 3.76. The van der Waals surface area contributed by atoms with Crippen molar-refractivity contribution in [2.75, 3.05) is 6.61 Å². The number of hydrogen-bond donors (Lipinski definition) is 1. The van der Waals surface area contributed by atoms with E-state index >= 15 is 0 Å². The lowest BCUT2D eigenvalue weighted by Gasteiger charge is -2.18. The molecule has 0 saturated carbocycles. The summed E-state index contributed by atoms with van der Waals surface area (Å²) in [6.07, 6.45) is 0. The summed E-state index contributed by atoms with van der Waals surface area (Å²) < 4.78 is 5.64. The molecule has 0 spiro atoms. The van der Waals surface area contributed by atoms with E-state index in [1.165, 1.54) is 5.56 Å². The van der Waals surface area contributed by atoms with Crippen molar-refractivity contribution in [1.82, 2.24) is 0 Å². The molecule has 0 aliphatic rings. The first kappa shape index (κ1) is 13.5. The summed E-state index contributed by atoms with van der Waals surface area (Å²) in [4.78, 5) is 0. The number of nitrogens with zero attached hydrogens (tertiary/aromatic N) is 1. The van der Waals surface area contributed by atoms with E-state index < -0.39 is 5.54 Å². The average Bonchev–Trinajstić information content (AvgIpc) is 2.27. The number of aryl methyl sites for hydroxylation is 1. The molecule has 1 atom stereocenters. The molecule has 1 unspecified atom stereocenters. The van der Waals surface area contributed by atoms with Gasteiger partial charge in [-0.2, -0.15) is 5.26 Å². The third-order valence-corrected chi connectivity index (χ3v) is 2.66. The summed E-state index contributed by atoms with van der Waals surface area (Å²) in [6, 6.07) is 8.17. The van der Waals surface area contributed by atoms with Crippen molar-refractivity contribution in [3.63, 3.8) is 0 Å². The molecule has 0 aliphatic carbocycles. The van der Waals surface area contributed by atoms with Crippen molar-refractivity contribution in [1.29, 1.82) is 5.26 Å². The second kappa shape index (κ2) is 5.20. The Balaban J connectivity index is 2.84. The van der Waals surface area contributed by atoms with Gasteiger partial charge in [0.25, 0.3) is 0 Å². The lowest BCUT2D eigenvalue weighted by Crippen LogP contribution is -2.40. The third-order valence-electron chi connectivity index (χ3n) is 2.66. The predicted molar refractivity (Wildman–Crippen MR) is 69.0 cm³/mol. The monoisotopic (exact) mass is 232 g/mol. The minimum Gasteiger partial charge on any atom is -0.490 e. The van der Waals surface area contributed by atoms with E-state index in [2.05, 4.69) is 19.9 Å². The highest BCUT2D eigenvalue weighted by atomic mass is 16.5. The Hall–Kier alpha value is -1.53. The number of hydrogen-bond acceptors (Lipinski definition) is 3. The van der Waals surface area contributed by atoms with Crippen LogP contribution in [-0.4, -0.2) is 12.1 Å². The van der Waals surface area contributed by atoms with E-state index in [-0.39, 0.29) is 6.61 Å². The molecule has 0 radical (unpaired) electrons. The molecule has 3 nitrogen and oxygen atoms in total. The zero-order valence-electron chi connectivity index (χ0n) is 10.9. The number of nitrogens with two attached hydrogens (primary N) is 1. The number of nitriles is 1. The van der Waals surface area contributed by atoms with Crippen LogP contribution in [-0.2, 0) is 0 Å². The van der Waals surface area contributed by atoms with Gasteiger partial charge in [-0.3, -0.25) is 0 Å². The molecule has 92 valence electrons. The molecule has 0 aromatic heterocycles. The Labute approximate surface area is 103 Å². The lowest BCUT2D eigenvalue weighted by molar-refractivity contribution is 0.263. The summed E-state index contributed by atoms with van der Waals surface area (Å²) in [5.74, 6) is 1.27. The van der Waals surface area contributed by atoms with Crippen molar-refractivity contribution in [2.24, 2.45) is 5.73 Å². The Bertz CT molecular complexity index is 430. The zero-order valence-corrected chi connectivity index (χ0v) is 10.9. The van der Waals surface area contributed by atoms with Crippen molar-refractivity contribution in [3.8, 4) is 11.8 Å². The van der Waals surface area contributed by atoms with Gasteiger partial charge in [-0.1, -0.05) is 26.0 Å². The number of ether oxygens (including phenoxy) is 1. The quantitative estimate of drug-likeness (QED) is 0.868. The van der Waals surface area contributed by atoms with Gasteiger partial charge in [0.2, 0.25) is 0 Å². The minimum absolute atomic E-state index is 0.200. The minimum atomic E-state index is -0.944. The molecule has 2 N–H and O–H groups in total. The van der Waals surface area contributed by atoms with Crippen LogP contribution in [0.15, 0.2) is 18.2 Å². The van der Waals surface area contributed by atoms with Gasteiger partial charge in [-0.05, 0) is 37.0 Å². The highest BCUT2D eigenvalue weighted by Crippen LogP contribution is 2.24. The standard InChI is InChI=1S/C14H20N2O/c1-10(2)12-6-5-11(3)13(7-12)17-9-14(4,16)8-15/h5-7,10H,9,16H2,1-4H3. The maximum Gasteiger partial charge on any atom is 0.135 e. The average molecular weight is 232 g/mol. The first-order valence-corrected chi connectivity index (χ1v) is 5.79. The smallest absolute Gasteiger partial charge is 0.135 e. The van der Waals surface area contributed by atoms with Crippen LogP contribution >= 0.6 is 0 Å². The highest BCUT2D eigenvalue weighted by molar-refractivity contribution is 5.38. The van der Waals surface area contributed by atoms with Gasteiger partial charge in [0.05, 0.1) is 6.07 Å². The molecule has 17 heavy (non-hydrogen) atoms. The Morgan fingerprint density at radius 2 is 2.12 bits per heavy atom. The van der Waals surface area contributed by atoms with Gasteiger partial charge in [0.15, 0.2) is 0 Å². The molecule has 0 amide bonds. The van der Waals surface area contributed by atoms with E-state index in [9.17, 15) is 0 Å². The Morgan fingerprint density at radius 1 is 1.47 bits per heavy atom. The van der Waals surface area contributed by atoms with Gasteiger partial charge in [-0.25, -0.2) is 0 Å². The highest BCUT2D eigenvalue weighted by Gasteiger charge is 2.18. The number of rotatable bonds is 4. The molecule has 0 bridgehead atoms. The second-order valence-corrected chi connectivity index (χ2v) is 5.00. The molecular formula is C14H20N2O. The second-order valence-electron chi connectivity index (χ2n) is 5.00. The predicted octanol–water partition coefficient (Wildman–Crippen LogP) is 2.74. The van der Waals surface area contributed by atoms with Crippen LogP contribution in [0.5, 0.6) is 5.75 Å². The van der Waals surface area contributed by atoms with E-state index in [0.29, 0.717) is 5.92 Å². The van der Waals surface area contributed by atoms with Gasteiger partial charge < -0.3 is 10.5 Å². The van der Waals surface area contributed by atoms with Gasteiger partial charge in [0.1, 0.15) is 17.9 Å². The van der Waals surface area contributed by atoms with Gasteiger partial charge >= 0.3 is 0 Å². The molecular weight excluding hydrogens is 212 g/mol. The lowest BCUT2D eigenvalue weighted by atomic mass is 10.0. The van der Waals surface area contributed by atoms with E-state index in [1.54, 1.807) is 6.92 Å². The number of benzene rings is 1. The SMILES string of the molecule is Cc1ccc(C(C)C)cc1OCC(C)(N)C#N. The molecule has 1 rings (SSSR count). The molecule has 3 heteroatoms. The summed E-state index contributed by atoms with van der Waals surface area (Å²) in [5.41, 5.74) is 7.06. The van der Waals surface area contributed by atoms with Crippen LogP contribution in [0.25, 0.3) is 0 Å². The Morgan fingerprint density at radius 3 is 2.65 bits per heavy atom. The largest absolute Gasteiger partial charge is 0.490 e. The van der Waals surface area contributed by atoms with Crippen molar-refractivity contribution < 1.29 is 4.74 Å². The van der Waals surface area contributed by atoms with Crippen LogP contribution in [0, 0.1) is 18.3 Å². The maximum atomic E-state index is 8.83. The molecule has 0 saturated heterocycles. The molecule has 0 aliphatic heterocycles. The van der Waals surface area contributed by atoms with Crippen molar-refractivity contribution in [3.05, 3.63) is 29.3 Å². The Kier molecular flexibility index (Phi) is 4.14. The fourth-order valence-electron chi connectivity index (χ4n) is 1.39. The first-order chi connectivity index (χ1) is 7.85. The van der Waals surface area contributed by atoms with E-state index in [1.807, 2.05) is 25.1 Å². The van der Waals surface area contributed by atoms with E-state index in [0.717, 1.165) is 11.3 Å². The maximum absolute atomic E-state index is 8.83. The summed E-state index contributed by atoms with van der Waals surface area (Å²) in [6.45, 7) is 8.12. The first-order valence-electron chi connectivity index (χ1n) is 5.79. The van der Waals surface area contributed by atoms with Crippen molar-refractivity contribution >= 4 is 0 Å². The topological polar surface area (TPSA) is 59.0 Å². The normalized spacial score (nSPS) is 14.2. The molecule has 1 aromatic carbocycles. The zero-order chi connectivity index (χ0) is 13.1. The van der Waals surface area contributed by atoms with Crippen LogP contribution in [0.1, 0.15) is 37.8 Å². The van der Waals surface area contributed by atoms with Crippen LogP contribution in [0.3, 0.4) is 0 Å². The summed E-state index contributed by atoms with van der Waals surface area (Å²) in [5, 5.41) is 8.83. The van der Waals surface area contributed by atoms with E-state index in [4.69, 9.17) is 15.7 Å². The molecule has 0 fully saturated rings. The van der Waals surface area contributed by atoms with Crippen molar-refractivity contribution in [2.45, 2.75) is 39.2 Å². The van der Waals surface area contributed by atoms with Gasteiger partial charge in [-0.15, -0.1) is 0 Å². The molecule has 0 heterocycles. The van der Waals surface area contributed by atoms with Crippen LogP contribution < -0.4 is 10.5 Å². The van der Waals surface area contributed by atoms with Crippen LogP contribution in [0.2, 0.25) is 0 Å². The van der Waals surface area contributed by atoms with Crippen LogP contribution in [0.4, 0.5) is 0 Å². The van der Waals surface area contributed by atoms with Gasteiger partial charge in [0, 0.05) is 0 Å². The fraction of sp³-hybridized carbons (Fsp3) is 0.500. The fourth-order valence-corrected chi connectivity index (χ4v) is 1.39. The molecule has 1 aromatic rings. The summed E-state index contributed by atoms with van der Waals surface area (Å²) >= 11 is 0. The summed E-state index contributed by atoms with van der Waals surface area (Å²) in [7, 11) is 0.